The number of benzene rings is 2. The van der Waals surface area contributed by atoms with Gasteiger partial charge in [0.05, 0.1) is 4.90 Å². The van der Waals surface area contributed by atoms with E-state index in [2.05, 4.69) is 15.5 Å². The third-order valence-corrected chi connectivity index (χ3v) is 7.78. The van der Waals surface area contributed by atoms with Crippen LogP contribution < -0.4 is 10.6 Å². The van der Waals surface area contributed by atoms with E-state index < -0.39 is 15.9 Å². The predicted octanol–water partition coefficient (Wildman–Crippen LogP) is 2.19. The Labute approximate surface area is 206 Å². The van der Waals surface area contributed by atoms with Gasteiger partial charge in [0, 0.05) is 50.6 Å². The maximum atomic E-state index is 13.0. The zero-order chi connectivity index (χ0) is 24.7. The molecule has 2 N–H and O–H groups in total. The molecule has 4 rings (SSSR count). The zero-order valence-corrected chi connectivity index (χ0v) is 20.5. The van der Waals surface area contributed by atoms with Crippen LogP contribution in [0.5, 0.6) is 0 Å². The summed E-state index contributed by atoms with van der Waals surface area (Å²) in [6, 6.07) is 17.3. The molecule has 1 unspecified atom stereocenters. The van der Waals surface area contributed by atoms with Crippen molar-refractivity contribution in [1.82, 2.24) is 20.4 Å². The number of piperazine rings is 1. The molecule has 8 nitrogen and oxygen atoms in total. The van der Waals surface area contributed by atoms with Crippen LogP contribution in [0.15, 0.2) is 77.0 Å². The maximum absolute atomic E-state index is 13.0. The fourth-order valence-corrected chi connectivity index (χ4v) is 5.22. The first-order chi connectivity index (χ1) is 16.9. The number of carbonyl (C=O) groups excluding carboxylic acids is 2. The molecule has 0 bridgehead atoms. The van der Waals surface area contributed by atoms with Crippen LogP contribution in [-0.4, -0.2) is 75.0 Å². The molecule has 0 aromatic heterocycles. The van der Waals surface area contributed by atoms with Crippen molar-refractivity contribution in [1.29, 1.82) is 0 Å². The van der Waals surface area contributed by atoms with Crippen molar-refractivity contribution < 1.29 is 18.0 Å². The summed E-state index contributed by atoms with van der Waals surface area (Å²) < 4.78 is 24.8. The molecule has 2 fully saturated rings. The van der Waals surface area contributed by atoms with Crippen LogP contribution in [0.3, 0.4) is 0 Å². The Bertz CT molecular complexity index is 1130. The lowest BCUT2D eigenvalue weighted by Gasteiger charge is -2.35. The molecule has 1 saturated heterocycles. The Morgan fingerprint density at radius 2 is 1.57 bits per heavy atom. The summed E-state index contributed by atoms with van der Waals surface area (Å²) in [7, 11) is -3.58. The number of nitrogens with one attached hydrogen (secondary N) is 2. The summed E-state index contributed by atoms with van der Waals surface area (Å²) in [5, 5.41) is 6.72. The highest BCUT2D eigenvalue weighted by Crippen LogP contribution is 2.27. The largest absolute Gasteiger partial charge is 0.351 e. The monoisotopic (exact) mass is 496 g/mol. The summed E-state index contributed by atoms with van der Waals surface area (Å²) in [6.07, 6.45) is 4.23. The molecule has 35 heavy (non-hydrogen) atoms. The summed E-state index contributed by atoms with van der Waals surface area (Å²) in [5.74, 6) is -0.361. The molecule has 1 aliphatic heterocycles. The number of carbonyl (C=O) groups is 2. The van der Waals surface area contributed by atoms with Gasteiger partial charge in [-0.05, 0) is 30.5 Å². The van der Waals surface area contributed by atoms with Crippen LogP contribution in [0.25, 0.3) is 0 Å². The van der Waals surface area contributed by atoms with E-state index in [0.717, 1.165) is 24.1 Å². The van der Waals surface area contributed by atoms with E-state index in [4.69, 9.17) is 0 Å². The summed E-state index contributed by atoms with van der Waals surface area (Å²) >= 11 is 0. The van der Waals surface area contributed by atoms with Crippen LogP contribution in [-0.2, 0) is 21.1 Å². The summed E-state index contributed by atoms with van der Waals surface area (Å²) in [5.41, 5.74) is 0.925. The zero-order valence-electron chi connectivity index (χ0n) is 19.7. The Morgan fingerprint density at radius 1 is 0.943 bits per heavy atom. The van der Waals surface area contributed by atoms with Crippen LogP contribution in [0.4, 0.5) is 4.79 Å². The highest BCUT2D eigenvalue weighted by Gasteiger charge is 2.33. The van der Waals surface area contributed by atoms with Crippen LogP contribution in [0.2, 0.25) is 0 Å². The summed E-state index contributed by atoms with van der Waals surface area (Å²) in [6.45, 7) is 3.03. The van der Waals surface area contributed by atoms with Crippen LogP contribution in [0.1, 0.15) is 18.4 Å². The lowest BCUT2D eigenvalue weighted by atomic mass is 10.1. The van der Waals surface area contributed by atoms with Gasteiger partial charge in [0.25, 0.3) is 0 Å². The molecule has 2 aromatic rings. The minimum absolute atomic E-state index is 0.0338. The van der Waals surface area contributed by atoms with E-state index in [0.29, 0.717) is 25.6 Å². The van der Waals surface area contributed by atoms with Gasteiger partial charge in [-0.1, -0.05) is 54.6 Å². The minimum atomic E-state index is -3.58. The van der Waals surface area contributed by atoms with Crippen molar-refractivity contribution in [2.75, 3.05) is 32.7 Å². The van der Waals surface area contributed by atoms with Gasteiger partial charge < -0.3 is 15.5 Å². The van der Waals surface area contributed by atoms with Crippen LogP contribution >= 0.6 is 0 Å². The van der Waals surface area contributed by atoms with Crippen molar-refractivity contribution >= 4 is 21.8 Å². The molecule has 9 heteroatoms. The number of rotatable bonds is 9. The quantitative estimate of drug-likeness (QED) is 0.555. The average Bonchev–Trinajstić information content (AvgIpc) is 3.73. The Hall–Kier alpha value is -3.17. The Kier molecular flexibility index (Phi) is 8.20. The first kappa shape index (κ1) is 24.9. The second-order valence-corrected chi connectivity index (χ2v) is 10.8. The molecule has 1 aliphatic carbocycles. The highest BCUT2D eigenvalue weighted by molar-refractivity contribution is 7.94. The van der Waals surface area contributed by atoms with Gasteiger partial charge in [-0.2, -0.15) is 0 Å². The third kappa shape index (κ3) is 7.16. The van der Waals surface area contributed by atoms with E-state index in [-0.39, 0.29) is 23.4 Å². The fourth-order valence-electron chi connectivity index (χ4n) is 4.18. The molecule has 1 atom stereocenters. The van der Waals surface area contributed by atoms with Gasteiger partial charge in [0.1, 0.15) is 6.04 Å². The summed E-state index contributed by atoms with van der Waals surface area (Å²) in [4.78, 5) is 30.3. The van der Waals surface area contributed by atoms with E-state index in [1.54, 1.807) is 23.1 Å². The smallest absolute Gasteiger partial charge is 0.318 e. The standard InChI is InChI=1S/C26H32N4O4S/c31-25(27-14-7-19-35(33,34)23-10-5-2-6-11-23)24(20-21-8-3-1-4-9-21)28-26(32)30-17-15-29(16-18-30)22-12-13-22/h1-11,19,22,24H,12-18,20H2,(H,27,31)(H,28,32)/b19-7+. The van der Waals surface area contributed by atoms with E-state index in [1.165, 1.54) is 31.1 Å². The van der Waals surface area contributed by atoms with E-state index in [1.807, 2.05) is 30.3 Å². The number of urea groups is 1. The first-order valence-corrected chi connectivity index (χ1v) is 13.5. The molecule has 3 amide bonds. The maximum Gasteiger partial charge on any atom is 0.318 e. The lowest BCUT2D eigenvalue weighted by Crippen LogP contribution is -2.56. The van der Waals surface area contributed by atoms with Gasteiger partial charge in [-0.25, -0.2) is 13.2 Å². The molecular weight excluding hydrogens is 464 g/mol. The lowest BCUT2D eigenvalue weighted by molar-refractivity contribution is -0.122. The SMILES string of the molecule is O=C(NC/C=C/S(=O)(=O)c1ccccc1)C(Cc1ccccc1)NC(=O)N1CCN(C2CC2)CC1. The molecule has 2 aliphatic rings. The van der Waals surface area contributed by atoms with Crippen molar-refractivity contribution in [3.63, 3.8) is 0 Å². The second kappa shape index (κ2) is 11.5. The number of amides is 3. The molecule has 0 radical (unpaired) electrons. The number of sulfone groups is 1. The number of hydrogen-bond donors (Lipinski definition) is 2. The minimum Gasteiger partial charge on any atom is -0.351 e. The molecule has 1 saturated carbocycles. The molecule has 2 aromatic carbocycles. The molecule has 1 heterocycles. The van der Waals surface area contributed by atoms with E-state index >= 15 is 0 Å². The Morgan fingerprint density at radius 3 is 2.20 bits per heavy atom. The number of nitrogens with zero attached hydrogens (tertiary/aromatic N) is 2. The molecule has 186 valence electrons. The second-order valence-electron chi connectivity index (χ2n) is 8.92. The van der Waals surface area contributed by atoms with Gasteiger partial charge >= 0.3 is 6.03 Å². The van der Waals surface area contributed by atoms with Crippen LogP contribution in [0, 0.1) is 0 Å². The first-order valence-electron chi connectivity index (χ1n) is 12.0. The van der Waals surface area contributed by atoms with Crippen molar-refractivity contribution in [2.24, 2.45) is 0 Å². The normalized spacial score (nSPS) is 17.8. The number of hydrogen-bond acceptors (Lipinski definition) is 5. The fraction of sp³-hybridized carbons (Fsp3) is 0.385. The predicted molar refractivity (Wildman–Crippen MR) is 134 cm³/mol. The van der Waals surface area contributed by atoms with E-state index in [9.17, 15) is 18.0 Å². The Balaban J connectivity index is 1.34. The van der Waals surface area contributed by atoms with Gasteiger partial charge in [-0.3, -0.25) is 9.69 Å². The highest BCUT2D eigenvalue weighted by atomic mass is 32.2. The van der Waals surface area contributed by atoms with Gasteiger partial charge in [0.15, 0.2) is 9.84 Å². The molecule has 0 spiro atoms. The molecular formula is C26H32N4O4S. The third-order valence-electron chi connectivity index (χ3n) is 6.30. The van der Waals surface area contributed by atoms with Gasteiger partial charge in [0.2, 0.25) is 5.91 Å². The van der Waals surface area contributed by atoms with Crippen molar-refractivity contribution in [3.8, 4) is 0 Å². The van der Waals surface area contributed by atoms with Crippen molar-refractivity contribution in [2.45, 2.75) is 36.2 Å². The van der Waals surface area contributed by atoms with Crippen molar-refractivity contribution in [3.05, 3.63) is 77.7 Å². The topological polar surface area (TPSA) is 98.8 Å². The average molecular weight is 497 g/mol. The van der Waals surface area contributed by atoms with Gasteiger partial charge in [-0.15, -0.1) is 0 Å².